The molecule has 0 aromatic carbocycles. The number of fused-ring (bicyclic) bond motifs is 1. The molecular formula is C17H28N5O4+. The number of hydrogen-bond donors (Lipinski definition) is 2. The minimum atomic E-state index is -0.387. The number of nitrogens with one attached hydrogen (secondary N) is 1. The summed E-state index contributed by atoms with van der Waals surface area (Å²) in [5.74, 6) is 0.767. The summed E-state index contributed by atoms with van der Waals surface area (Å²) in [5, 5.41) is 9.25. The van der Waals surface area contributed by atoms with Crippen molar-refractivity contribution in [2.24, 2.45) is 14.1 Å². The fraction of sp³-hybridized carbons (Fsp3) is 0.706. The maximum absolute atomic E-state index is 12.7. The molecular weight excluding hydrogens is 338 g/mol. The molecule has 3 atom stereocenters. The van der Waals surface area contributed by atoms with Crippen molar-refractivity contribution in [3.05, 3.63) is 26.7 Å². The van der Waals surface area contributed by atoms with E-state index in [0.717, 1.165) is 23.5 Å². The van der Waals surface area contributed by atoms with Gasteiger partial charge in [-0.3, -0.25) is 13.9 Å². The molecule has 0 radical (unpaired) electrons. The van der Waals surface area contributed by atoms with Crippen LogP contribution in [0.5, 0.6) is 0 Å². The number of nitrogens with zero attached hydrogens (tertiary/aromatic N) is 4. The van der Waals surface area contributed by atoms with E-state index in [1.54, 1.807) is 7.05 Å². The number of aliphatic hydroxyl groups is 1. The zero-order valence-electron chi connectivity index (χ0n) is 15.9. The number of ether oxygens (including phenoxy) is 1. The minimum Gasteiger partial charge on any atom is -0.396 e. The third kappa shape index (κ3) is 3.34. The summed E-state index contributed by atoms with van der Waals surface area (Å²) in [5.41, 5.74) is 0.0897. The van der Waals surface area contributed by atoms with E-state index < -0.39 is 0 Å². The average Bonchev–Trinajstić information content (AvgIpc) is 2.93. The van der Waals surface area contributed by atoms with Gasteiger partial charge >= 0.3 is 5.69 Å². The molecule has 2 N–H and O–H groups in total. The lowest BCUT2D eigenvalue weighted by atomic mass is 10.2. The van der Waals surface area contributed by atoms with Crippen molar-refractivity contribution >= 4 is 11.2 Å². The Hall–Kier alpha value is -1.97. The molecule has 9 nitrogen and oxygen atoms in total. The van der Waals surface area contributed by atoms with Crippen LogP contribution >= 0.6 is 0 Å². The highest BCUT2D eigenvalue weighted by Gasteiger charge is 2.28. The molecule has 2 aromatic heterocycles. The third-order valence-corrected chi connectivity index (χ3v) is 4.99. The lowest BCUT2D eigenvalue weighted by Crippen LogP contribution is -3.14. The van der Waals surface area contributed by atoms with Crippen molar-refractivity contribution in [2.75, 3.05) is 19.7 Å². The summed E-state index contributed by atoms with van der Waals surface area (Å²) in [6.07, 6.45) is 0.859. The second-order valence-corrected chi connectivity index (χ2v) is 7.23. The van der Waals surface area contributed by atoms with Crippen LogP contribution < -0.4 is 16.1 Å². The van der Waals surface area contributed by atoms with Crippen LogP contribution in [0.4, 0.5) is 0 Å². The molecule has 1 saturated heterocycles. The highest BCUT2D eigenvalue weighted by Crippen LogP contribution is 2.12. The van der Waals surface area contributed by atoms with Gasteiger partial charge in [-0.1, -0.05) is 0 Å². The predicted octanol–water partition coefficient (Wildman–Crippen LogP) is -1.99. The molecule has 1 aliphatic rings. The molecule has 0 bridgehead atoms. The maximum atomic E-state index is 12.7. The lowest BCUT2D eigenvalue weighted by Gasteiger charge is -2.32. The molecule has 0 saturated carbocycles. The Morgan fingerprint density at radius 2 is 1.85 bits per heavy atom. The van der Waals surface area contributed by atoms with Gasteiger partial charge < -0.3 is 19.3 Å². The first-order valence-corrected chi connectivity index (χ1v) is 9.08. The largest absolute Gasteiger partial charge is 0.396 e. The summed E-state index contributed by atoms with van der Waals surface area (Å²) < 4.78 is 10.2. The van der Waals surface area contributed by atoms with E-state index in [9.17, 15) is 14.7 Å². The van der Waals surface area contributed by atoms with Crippen molar-refractivity contribution in [1.29, 1.82) is 0 Å². The van der Waals surface area contributed by atoms with E-state index in [2.05, 4.69) is 18.8 Å². The Morgan fingerprint density at radius 3 is 2.46 bits per heavy atom. The summed E-state index contributed by atoms with van der Waals surface area (Å²) in [7, 11) is 3.10. The number of aliphatic hydroxyl groups excluding tert-OH is 1. The summed E-state index contributed by atoms with van der Waals surface area (Å²) >= 11 is 0. The van der Waals surface area contributed by atoms with Crippen LogP contribution in [0, 0.1) is 0 Å². The number of aromatic nitrogens is 4. The second-order valence-electron chi connectivity index (χ2n) is 7.23. The molecule has 0 spiro atoms. The van der Waals surface area contributed by atoms with Crippen molar-refractivity contribution in [3.8, 4) is 0 Å². The number of rotatable bonds is 5. The van der Waals surface area contributed by atoms with Crippen molar-refractivity contribution in [2.45, 2.75) is 45.6 Å². The predicted molar refractivity (Wildman–Crippen MR) is 96.3 cm³/mol. The summed E-state index contributed by atoms with van der Waals surface area (Å²) in [4.78, 5) is 30.9. The topological polar surface area (TPSA) is 95.7 Å². The normalized spacial score (nSPS) is 23.7. The van der Waals surface area contributed by atoms with Gasteiger partial charge in [0.2, 0.25) is 0 Å². The average molecular weight is 366 g/mol. The lowest BCUT2D eigenvalue weighted by molar-refractivity contribution is -0.929. The Labute approximate surface area is 151 Å². The monoisotopic (exact) mass is 366 g/mol. The third-order valence-electron chi connectivity index (χ3n) is 4.99. The van der Waals surface area contributed by atoms with Gasteiger partial charge in [-0.2, -0.15) is 0 Å². The van der Waals surface area contributed by atoms with Gasteiger partial charge in [0.15, 0.2) is 17.0 Å². The van der Waals surface area contributed by atoms with E-state index in [1.165, 1.54) is 16.5 Å². The van der Waals surface area contributed by atoms with Gasteiger partial charge in [0.1, 0.15) is 31.8 Å². The molecule has 26 heavy (non-hydrogen) atoms. The number of imidazole rings is 1. The first-order chi connectivity index (χ1) is 12.3. The van der Waals surface area contributed by atoms with Gasteiger partial charge in [0.05, 0.1) is 0 Å². The van der Waals surface area contributed by atoms with E-state index in [4.69, 9.17) is 4.74 Å². The molecule has 1 aliphatic heterocycles. The molecule has 0 aliphatic carbocycles. The molecule has 3 rings (SSSR count). The van der Waals surface area contributed by atoms with Gasteiger partial charge in [0, 0.05) is 27.2 Å². The van der Waals surface area contributed by atoms with E-state index in [1.807, 2.05) is 4.57 Å². The van der Waals surface area contributed by atoms with Gasteiger partial charge in [-0.05, 0) is 20.3 Å². The van der Waals surface area contributed by atoms with Gasteiger partial charge in [-0.25, -0.2) is 9.78 Å². The van der Waals surface area contributed by atoms with E-state index >= 15 is 0 Å². The standard InChI is InChI=1S/C17H27N5O4/c1-11-8-21(9-12(2)26-11)10-13-18-15-14(22(13)6-5-7-23)16(24)20(4)17(25)19(15)3/h11-12,23H,5-10H2,1-4H3/p+1/t11-,12+. The maximum Gasteiger partial charge on any atom is 0.332 e. The SMILES string of the molecule is C[C@@H]1C[NH+](Cc2nc3c(c(=O)n(C)c(=O)n3C)n2CCCO)C[C@H](C)O1. The second kappa shape index (κ2) is 7.34. The Bertz CT molecular complexity index is 902. The number of hydrogen-bond acceptors (Lipinski definition) is 5. The summed E-state index contributed by atoms with van der Waals surface area (Å²) in [6, 6.07) is 0. The van der Waals surface area contributed by atoms with Crippen LogP contribution in [0.25, 0.3) is 11.2 Å². The van der Waals surface area contributed by atoms with E-state index in [0.29, 0.717) is 30.7 Å². The Balaban J connectivity index is 2.09. The van der Waals surface area contributed by atoms with Crippen LogP contribution in [0.1, 0.15) is 26.1 Å². The fourth-order valence-electron chi connectivity index (χ4n) is 3.85. The number of quaternary nitrogens is 1. The highest BCUT2D eigenvalue weighted by molar-refractivity contribution is 5.71. The van der Waals surface area contributed by atoms with Crippen LogP contribution in [0.2, 0.25) is 0 Å². The van der Waals surface area contributed by atoms with Crippen molar-refractivity contribution in [1.82, 2.24) is 18.7 Å². The molecule has 144 valence electrons. The molecule has 3 heterocycles. The van der Waals surface area contributed by atoms with Gasteiger partial charge in [0.25, 0.3) is 5.56 Å². The fourth-order valence-corrected chi connectivity index (χ4v) is 3.85. The Kier molecular flexibility index (Phi) is 5.31. The Morgan fingerprint density at radius 1 is 1.19 bits per heavy atom. The smallest absolute Gasteiger partial charge is 0.332 e. The molecule has 1 unspecified atom stereocenters. The zero-order valence-corrected chi connectivity index (χ0v) is 15.9. The van der Waals surface area contributed by atoms with Crippen molar-refractivity contribution in [3.63, 3.8) is 0 Å². The highest BCUT2D eigenvalue weighted by atomic mass is 16.5. The van der Waals surface area contributed by atoms with Crippen LogP contribution in [-0.4, -0.2) is 55.7 Å². The number of aryl methyl sites for hydroxylation is 2. The molecule has 0 amide bonds. The van der Waals surface area contributed by atoms with Crippen LogP contribution in [0.3, 0.4) is 0 Å². The zero-order chi connectivity index (χ0) is 19.0. The van der Waals surface area contributed by atoms with Gasteiger partial charge in [-0.15, -0.1) is 0 Å². The quantitative estimate of drug-likeness (QED) is 0.639. The molecule has 1 fully saturated rings. The first kappa shape index (κ1) is 18.8. The van der Waals surface area contributed by atoms with Crippen molar-refractivity contribution < 1.29 is 14.7 Å². The van der Waals surface area contributed by atoms with Crippen LogP contribution in [-0.2, 0) is 31.9 Å². The van der Waals surface area contributed by atoms with E-state index in [-0.39, 0.29) is 30.1 Å². The number of morpholine rings is 1. The van der Waals surface area contributed by atoms with Crippen LogP contribution in [0.15, 0.2) is 9.59 Å². The first-order valence-electron chi connectivity index (χ1n) is 9.08. The minimum absolute atomic E-state index is 0.0314. The molecule has 9 heteroatoms. The summed E-state index contributed by atoms with van der Waals surface area (Å²) in [6.45, 7) is 7.02. The molecule has 2 aromatic rings.